The molecule has 0 spiro atoms. The molecule has 1 saturated heterocycles. The van der Waals surface area contributed by atoms with E-state index >= 15 is 0 Å². The summed E-state index contributed by atoms with van der Waals surface area (Å²) in [5.74, 6) is -0.209. The summed E-state index contributed by atoms with van der Waals surface area (Å²) in [4.78, 5) is 37.0. The maximum Gasteiger partial charge on any atom is 0.446 e. The number of carboxylic acids is 1. The van der Waals surface area contributed by atoms with Crippen LogP contribution in [0.5, 0.6) is 28.9 Å². The molecule has 3 aliphatic heterocycles. The van der Waals surface area contributed by atoms with Crippen LogP contribution in [-0.4, -0.2) is 112 Å². The van der Waals surface area contributed by atoms with Gasteiger partial charge in [-0.3, -0.25) is 4.90 Å². The van der Waals surface area contributed by atoms with E-state index in [-0.39, 0.29) is 65.1 Å². The van der Waals surface area contributed by atoms with Crippen LogP contribution in [0, 0.1) is 12.7 Å². The third kappa shape index (κ3) is 11.0. The number of methoxy groups -OCH3 is 1. The molecule has 20 heteroatoms. The van der Waals surface area contributed by atoms with Gasteiger partial charge in [-0.15, -0.1) is 11.3 Å². The second-order valence-corrected chi connectivity index (χ2v) is 18.9. The number of aromatic nitrogens is 4. The van der Waals surface area contributed by atoms with E-state index in [2.05, 4.69) is 36.8 Å². The van der Waals surface area contributed by atoms with Gasteiger partial charge in [0, 0.05) is 66.2 Å². The Bertz CT molecular complexity index is 3010. The number of thioether (sulfide) groups is 1. The normalized spacial score (nSPS) is 16.9. The van der Waals surface area contributed by atoms with Crippen LogP contribution in [0.4, 0.5) is 17.6 Å². The molecule has 4 aromatic carbocycles. The predicted octanol–water partition coefficient (Wildman–Crippen LogP) is 10.2. The van der Waals surface area contributed by atoms with E-state index in [0.29, 0.717) is 71.7 Å². The lowest BCUT2D eigenvalue weighted by Gasteiger charge is -2.34. The number of thiophene rings is 1. The van der Waals surface area contributed by atoms with Gasteiger partial charge >= 0.3 is 11.5 Å². The Morgan fingerprint density at radius 1 is 0.957 bits per heavy atom. The summed E-state index contributed by atoms with van der Waals surface area (Å²) < 4.78 is 85.6. The molecule has 3 aliphatic rings. The van der Waals surface area contributed by atoms with Crippen molar-refractivity contribution in [3.63, 3.8) is 0 Å². The van der Waals surface area contributed by atoms with E-state index in [0.717, 1.165) is 26.2 Å². The van der Waals surface area contributed by atoms with Crippen LogP contribution in [0.15, 0.2) is 96.3 Å². The lowest BCUT2D eigenvalue weighted by atomic mass is 9.96. The summed E-state index contributed by atoms with van der Waals surface area (Å²) in [6.07, 6.45) is 0.494. The zero-order chi connectivity index (χ0) is 48.4. The average Bonchev–Trinajstić information content (AvgIpc) is 3.72. The molecule has 2 atom stereocenters. The Morgan fingerprint density at radius 2 is 1.74 bits per heavy atom. The van der Waals surface area contributed by atoms with Gasteiger partial charge in [0.2, 0.25) is 12.0 Å². The van der Waals surface area contributed by atoms with Gasteiger partial charge in [-0.05, 0) is 103 Å². The van der Waals surface area contributed by atoms with Crippen LogP contribution in [0.25, 0.3) is 43.2 Å². The van der Waals surface area contributed by atoms with Gasteiger partial charge in [0.05, 0.1) is 28.8 Å². The molecule has 1 N–H and O–H groups in total. The van der Waals surface area contributed by atoms with E-state index < -0.39 is 29.5 Å². The molecule has 3 aromatic heterocycles. The Morgan fingerprint density at radius 3 is 2.49 bits per heavy atom. The Labute approximate surface area is 407 Å². The van der Waals surface area contributed by atoms with E-state index in [4.69, 9.17) is 35.3 Å². The lowest BCUT2D eigenvalue weighted by Crippen LogP contribution is -2.49. The number of fused-ring (bicyclic) bond motifs is 7. The first kappa shape index (κ1) is 47.8. The van der Waals surface area contributed by atoms with Gasteiger partial charge in [-0.1, -0.05) is 29.8 Å². The second kappa shape index (κ2) is 20.4. The molecule has 0 amide bonds. The standard InChI is InChI=1S/C49H43ClF4N6O7S2/c1-27-35-10-13-39(43(27)50)66-33(23-60-18-16-59(2)17-19-60)25-64-32-8-11-37(65-24-31-14-15-55-45(58-31)36-22-34(69-49(52,53)54)9-12-38(36)63-3)29(20-32)21-40(48(61)62)67-46-42-41(35)44(68-47(42)57-26-56-46)28-4-6-30(51)7-5-28/h4-15,20,22,26,33,40H,16-19,21,23-25H2,1-3H3,(H,61,62)/t33-,40-/m1/s1. The first-order chi connectivity index (χ1) is 33.2. The first-order valence-corrected chi connectivity index (χ1v) is 23.6. The Balaban J connectivity index is 1.11. The number of hydrogen-bond acceptors (Lipinski definition) is 14. The zero-order valence-electron chi connectivity index (χ0n) is 37.3. The Kier molecular flexibility index (Phi) is 14.1. The number of carbonyl (C=O) groups is 1. The van der Waals surface area contributed by atoms with Crippen molar-refractivity contribution in [1.29, 1.82) is 0 Å². The minimum absolute atomic E-state index is 0.00376. The van der Waals surface area contributed by atoms with E-state index in [1.54, 1.807) is 42.5 Å². The fraction of sp³-hybridized carbons (Fsp3) is 0.286. The van der Waals surface area contributed by atoms with Gasteiger partial charge in [-0.25, -0.2) is 29.1 Å². The van der Waals surface area contributed by atoms with Crippen molar-refractivity contribution in [3.8, 4) is 61.8 Å². The first-order valence-electron chi connectivity index (χ1n) is 21.6. The number of alkyl halides is 3. The van der Waals surface area contributed by atoms with Gasteiger partial charge in [0.15, 0.2) is 5.82 Å². The minimum atomic E-state index is -4.51. The van der Waals surface area contributed by atoms with Crippen molar-refractivity contribution in [1.82, 2.24) is 29.7 Å². The van der Waals surface area contributed by atoms with Crippen molar-refractivity contribution in [2.24, 2.45) is 0 Å². The summed E-state index contributed by atoms with van der Waals surface area (Å²) >= 11 is 8.27. The highest BCUT2D eigenvalue weighted by Crippen LogP contribution is 2.50. The van der Waals surface area contributed by atoms with Gasteiger partial charge in [0.1, 0.15) is 59.3 Å². The van der Waals surface area contributed by atoms with Crippen molar-refractivity contribution in [2.45, 2.75) is 42.6 Å². The SMILES string of the molecule is COc1ccc(SC(F)(F)F)cc1-c1nccc(COc2ccc3cc2C[C@H](C(=O)O)Oc2ncnc4sc(-c5ccc(F)cc5)c(c24)-c2ccc(c(Cl)c2C)O[C@H](CN2CCN(C)CC2)CO3)n1. The van der Waals surface area contributed by atoms with Crippen molar-refractivity contribution in [3.05, 3.63) is 119 Å². The van der Waals surface area contributed by atoms with Crippen LogP contribution in [0.3, 0.4) is 0 Å². The fourth-order valence-electron chi connectivity index (χ4n) is 8.17. The van der Waals surface area contributed by atoms with E-state index in [1.165, 1.54) is 61.3 Å². The molecule has 69 heavy (non-hydrogen) atoms. The molecule has 6 heterocycles. The molecular weight excluding hydrogens is 960 g/mol. The minimum Gasteiger partial charge on any atom is -0.496 e. The fourth-order valence-corrected chi connectivity index (χ4v) is 10.1. The predicted molar refractivity (Wildman–Crippen MR) is 254 cm³/mol. The molecule has 0 saturated carbocycles. The molecule has 1 fully saturated rings. The third-order valence-corrected chi connectivity index (χ3v) is 14.0. The van der Waals surface area contributed by atoms with Crippen molar-refractivity contribution in [2.75, 3.05) is 53.5 Å². The van der Waals surface area contributed by atoms with Gasteiger partial charge in [0.25, 0.3) is 0 Å². The maximum absolute atomic E-state index is 14.3. The molecule has 358 valence electrons. The number of rotatable bonds is 10. The quantitative estimate of drug-likeness (QED) is 0.103. The largest absolute Gasteiger partial charge is 0.496 e. The van der Waals surface area contributed by atoms with Crippen LogP contribution >= 0.6 is 34.7 Å². The lowest BCUT2D eigenvalue weighted by molar-refractivity contribution is -0.145. The van der Waals surface area contributed by atoms with Crippen molar-refractivity contribution >= 4 is 50.9 Å². The number of hydrogen-bond donors (Lipinski definition) is 1. The van der Waals surface area contributed by atoms with Crippen LogP contribution < -0.4 is 23.7 Å². The highest BCUT2D eigenvalue weighted by atomic mass is 35.5. The van der Waals surface area contributed by atoms with Crippen LogP contribution in [0.1, 0.15) is 16.8 Å². The number of ether oxygens (including phenoxy) is 5. The topological polar surface area (TPSA) is 141 Å². The maximum atomic E-state index is 14.3. The van der Waals surface area contributed by atoms with E-state index in [1.807, 2.05) is 13.0 Å². The molecule has 13 nitrogen and oxygen atoms in total. The molecule has 0 aliphatic carbocycles. The molecule has 10 rings (SSSR count). The van der Waals surface area contributed by atoms with Gasteiger partial charge in [-0.2, -0.15) is 13.2 Å². The van der Waals surface area contributed by atoms with Crippen LogP contribution in [0.2, 0.25) is 5.02 Å². The monoisotopic (exact) mass is 1000 g/mol. The molecule has 7 aromatic rings. The number of aliphatic carboxylic acids is 1. The van der Waals surface area contributed by atoms with Crippen molar-refractivity contribution < 1.29 is 51.1 Å². The Hall–Kier alpha value is -6.25. The highest BCUT2D eigenvalue weighted by Gasteiger charge is 2.32. The molecule has 0 unspecified atom stereocenters. The smallest absolute Gasteiger partial charge is 0.446 e. The van der Waals surface area contributed by atoms with Crippen LogP contribution in [-0.2, 0) is 17.8 Å². The summed E-state index contributed by atoms with van der Waals surface area (Å²) in [6.45, 7) is 5.76. The molecule has 0 radical (unpaired) electrons. The average molecular weight is 1000 g/mol. The second-order valence-electron chi connectivity index (χ2n) is 16.4. The number of halogens is 5. The summed E-state index contributed by atoms with van der Waals surface area (Å²) in [6, 6.07) is 20.4. The number of benzene rings is 4. The third-order valence-electron chi connectivity index (χ3n) is 11.7. The number of piperazine rings is 1. The number of likely N-dealkylation sites (N-methyl/N-ethyl adjacent to an activating group) is 1. The molecular formula is C49H43ClF4N6O7S2. The molecule has 4 bridgehead atoms. The summed E-state index contributed by atoms with van der Waals surface area (Å²) in [7, 11) is 3.48. The number of nitrogens with zero attached hydrogens (tertiary/aromatic N) is 6. The summed E-state index contributed by atoms with van der Waals surface area (Å²) in [5.41, 5.74) is -0.840. The highest BCUT2D eigenvalue weighted by molar-refractivity contribution is 8.00. The summed E-state index contributed by atoms with van der Waals surface area (Å²) in [5, 5.41) is 11.6. The zero-order valence-corrected chi connectivity index (χ0v) is 39.6. The van der Waals surface area contributed by atoms with E-state index in [9.17, 15) is 27.5 Å². The van der Waals surface area contributed by atoms with Gasteiger partial charge < -0.3 is 33.7 Å². The number of carboxylic acid groups (broad SMARTS) is 1.